The summed E-state index contributed by atoms with van der Waals surface area (Å²) in [5.41, 5.74) is 3.72. The van der Waals surface area contributed by atoms with Crippen LogP contribution >= 0.6 is 0 Å². The molecule has 66 valence electrons. The molecule has 0 saturated carbocycles. The number of nitrogens with two attached hydrogens (primary N) is 1. The summed E-state index contributed by atoms with van der Waals surface area (Å²) in [6, 6.07) is 10.1. The van der Waals surface area contributed by atoms with E-state index in [4.69, 9.17) is 10.6 Å². The van der Waals surface area contributed by atoms with Crippen LogP contribution in [0.5, 0.6) is 0 Å². The van der Waals surface area contributed by atoms with Crippen molar-refractivity contribution in [2.75, 3.05) is 13.2 Å². The third kappa shape index (κ3) is 3.48. The minimum absolute atomic E-state index is 0.644. The lowest BCUT2D eigenvalue weighted by atomic mass is 10.2. The quantitative estimate of drug-likeness (QED) is 0.384. The fraction of sp³-hybridized carbons (Fsp3) is 0.333. The van der Waals surface area contributed by atoms with Crippen molar-refractivity contribution < 1.29 is 4.74 Å². The van der Waals surface area contributed by atoms with Crippen LogP contribution in [0, 0.1) is 0 Å². The van der Waals surface area contributed by atoms with Crippen molar-refractivity contribution in [3.63, 3.8) is 0 Å². The van der Waals surface area contributed by atoms with Gasteiger partial charge in [-0.2, -0.15) is 0 Å². The SMILES string of the molecule is NNCCOCc1ccccc1. The molecule has 0 atom stereocenters. The Hall–Kier alpha value is -0.900. The van der Waals surface area contributed by atoms with E-state index < -0.39 is 0 Å². The first-order valence-electron chi connectivity index (χ1n) is 3.98. The molecule has 0 unspecified atom stereocenters. The molecule has 12 heavy (non-hydrogen) atoms. The van der Waals surface area contributed by atoms with Gasteiger partial charge in [0, 0.05) is 6.54 Å². The molecule has 0 amide bonds. The molecular formula is C9H14N2O. The van der Waals surface area contributed by atoms with Crippen molar-refractivity contribution in [3.05, 3.63) is 35.9 Å². The fourth-order valence-corrected chi connectivity index (χ4v) is 0.895. The molecule has 3 nitrogen and oxygen atoms in total. The molecule has 1 aromatic carbocycles. The molecule has 0 aliphatic carbocycles. The average Bonchev–Trinajstić information content (AvgIpc) is 2.14. The maximum absolute atomic E-state index is 5.32. The average molecular weight is 166 g/mol. The van der Waals surface area contributed by atoms with Gasteiger partial charge in [0.05, 0.1) is 13.2 Å². The van der Waals surface area contributed by atoms with Gasteiger partial charge in [-0.25, -0.2) is 0 Å². The van der Waals surface area contributed by atoms with E-state index in [0.29, 0.717) is 19.8 Å². The van der Waals surface area contributed by atoms with Gasteiger partial charge < -0.3 is 4.74 Å². The summed E-state index contributed by atoms with van der Waals surface area (Å²) >= 11 is 0. The number of hydrazine groups is 1. The topological polar surface area (TPSA) is 47.3 Å². The van der Waals surface area contributed by atoms with E-state index in [1.165, 1.54) is 5.56 Å². The molecule has 0 radical (unpaired) electrons. The van der Waals surface area contributed by atoms with E-state index in [1.54, 1.807) is 0 Å². The summed E-state index contributed by atoms with van der Waals surface area (Å²) in [7, 11) is 0. The Morgan fingerprint density at radius 1 is 1.25 bits per heavy atom. The summed E-state index contributed by atoms with van der Waals surface area (Å²) < 4.78 is 5.32. The van der Waals surface area contributed by atoms with Crippen LogP contribution in [-0.2, 0) is 11.3 Å². The van der Waals surface area contributed by atoms with Gasteiger partial charge in [0.15, 0.2) is 0 Å². The zero-order chi connectivity index (χ0) is 8.65. The van der Waals surface area contributed by atoms with Crippen LogP contribution in [0.3, 0.4) is 0 Å². The zero-order valence-electron chi connectivity index (χ0n) is 6.99. The van der Waals surface area contributed by atoms with E-state index in [9.17, 15) is 0 Å². The fourth-order valence-electron chi connectivity index (χ4n) is 0.895. The Labute approximate surface area is 72.5 Å². The number of benzene rings is 1. The summed E-state index contributed by atoms with van der Waals surface area (Å²) in [5.74, 6) is 5.08. The lowest BCUT2D eigenvalue weighted by molar-refractivity contribution is 0.123. The maximum Gasteiger partial charge on any atom is 0.0717 e. The highest BCUT2D eigenvalue weighted by atomic mass is 16.5. The molecule has 0 heterocycles. The molecule has 1 aromatic rings. The Kier molecular flexibility index (Phi) is 4.37. The standard InChI is InChI=1S/C9H14N2O/c10-11-6-7-12-8-9-4-2-1-3-5-9/h1-5,11H,6-8,10H2. The van der Waals surface area contributed by atoms with E-state index in [0.717, 1.165) is 0 Å². The van der Waals surface area contributed by atoms with Crippen LogP contribution in [0.15, 0.2) is 30.3 Å². The first-order chi connectivity index (χ1) is 5.93. The molecule has 1 rings (SSSR count). The molecule has 3 heteroatoms. The van der Waals surface area contributed by atoms with Crippen LogP contribution in [0.25, 0.3) is 0 Å². The first kappa shape index (κ1) is 9.19. The number of ether oxygens (including phenoxy) is 1. The van der Waals surface area contributed by atoms with Crippen LogP contribution in [0.4, 0.5) is 0 Å². The van der Waals surface area contributed by atoms with Gasteiger partial charge in [0.25, 0.3) is 0 Å². The lowest BCUT2D eigenvalue weighted by Gasteiger charge is -2.02. The zero-order valence-corrected chi connectivity index (χ0v) is 6.99. The van der Waals surface area contributed by atoms with Crippen molar-refractivity contribution in [2.24, 2.45) is 5.84 Å². The van der Waals surface area contributed by atoms with Gasteiger partial charge in [-0.15, -0.1) is 0 Å². The van der Waals surface area contributed by atoms with Crippen LogP contribution in [0.1, 0.15) is 5.56 Å². The predicted octanol–water partition coefficient (Wildman–Crippen LogP) is 0.666. The minimum Gasteiger partial charge on any atom is -0.375 e. The third-order valence-electron chi connectivity index (χ3n) is 1.50. The second kappa shape index (κ2) is 5.71. The van der Waals surface area contributed by atoms with Gasteiger partial charge in [-0.05, 0) is 5.56 Å². The van der Waals surface area contributed by atoms with E-state index in [2.05, 4.69) is 5.43 Å². The number of hydrogen-bond donors (Lipinski definition) is 2. The summed E-state index contributed by atoms with van der Waals surface area (Å²) in [4.78, 5) is 0. The molecule has 0 saturated heterocycles. The van der Waals surface area contributed by atoms with E-state index in [-0.39, 0.29) is 0 Å². The summed E-state index contributed by atoms with van der Waals surface area (Å²) in [6.07, 6.45) is 0. The highest BCUT2D eigenvalue weighted by Crippen LogP contribution is 1.99. The molecule has 0 spiro atoms. The predicted molar refractivity (Wildman–Crippen MR) is 48.3 cm³/mol. The largest absolute Gasteiger partial charge is 0.375 e. The number of hydrogen-bond acceptors (Lipinski definition) is 3. The maximum atomic E-state index is 5.32. The van der Waals surface area contributed by atoms with Crippen molar-refractivity contribution in [1.82, 2.24) is 5.43 Å². The van der Waals surface area contributed by atoms with E-state index in [1.807, 2.05) is 30.3 Å². The molecular weight excluding hydrogens is 152 g/mol. The second-order valence-electron chi connectivity index (χ2n) is 2.49. The highest BCUT2D eigenvalue weighted by molar-refractivity contribution is 5.13. The monoisotopic (exact) mass is 166 g/mol. The second-order valence-corrected chi connectivity index (χ2v) is 2.49. The van der Waals surface area contributed by atoms with Gasteiger partial charge >= 0.3 is 0 Å². The van der Waals surface area contributed by atoms with Gasteiger partial charge in [0.1, 0.15) is 0 Å². The molecule has 0 aliphatic rings. The van der Waals surface area contributed by atoms with Crippen molar-refractivity contribution in [2.45, 2.75) is 6.61 Å². The van der Waals surface area contributed by atoms with Gasteiger partial charge in [0.2, 0.25) is 0 Å². The molecule has 0 aliphatic heterocycles. The lowest BCUT2D eigenvalue weighted by Crippen LogP contribution is -2.26. The minimum atomic E-state index is 0.644. The molecule has 0 aromatic heterocycles. The smallest absolute Gasteiger partial charge is 0.0717 e. The Morgan fingerprint density at radius 3 is 2.67 bits per heavy atom. The normalized spacial score (nSPS) is 10.1. The first-order valence-corrected chi connectivity index (χ1v) is 3.98. The molecule has 0 fully saturated rings. The summed E-state index contributed by atoms with van der Waals surface area (Å²) in [6.45, 7) is 1.99. The van der Waals surface area contributed by atoms with Gasteiger partial charge in [-0.3, -0.25) is 11.3 Å². The van der Waals surface area contributed by atoms with Crippen molar-refractivity contribution in [1.29, 1.82) is 0 Å². The third-order valence-corrected chi connectivity index (χ3v) is 1.50. The molecule has 0 bridgehead atoms. The Balaban J connectivity index is 2.16. The van der Waals surface area contributed by atoms with Crippen LogP contribution in [-0.4, -0.2) is 13.2 Å². The molecule has 3 N–H and O–H groups in total. The van der Waals surface area contributed by atoms with Crippen molar-refractivity contribution >= 4 is 0 Å². The number of nitrogens with one attached hydrogen (secondary N) is 1. The number of rotatable bonds is 5. The van der Waals surface area contributed by atoms with Crippen molar-refractivity contribution in [3.8, 4) is 0 Å². The Bertz CT molecular complexity index is 201. The van der Waals surface area contributed by atoms with Crippen LogP contribution < -0.4 is 11.3 Å². The van der Waals surface area contributed by atoms with Crippen LogP contribution in [0.2, 0.25) is 0 Å². The highest BCUT2D eigenvalue weighted by Gasteiger charge is 1.89. The Morgan fingerprint density at radius 2 is 2.00 bits per heavy atom. The van der Waals surface area contributed by atoms with Gasteiger partial charge in [-0.1, -0.05) is 30.3 Å². The van der Waals surface area contributed by atoms with E-state index >= 15 is 0 Å². The summed E-state index contributed by atoms with van der Waals surface area (Å²) in [5, 5.41) is 0.